The van der Waals surface area contributed by atoms with E-state index < -0.39 is 0 Å². The van der Waals surface area contributed by atoms with Crippen LogP contribution in [0.25, 0.3) is 0 Å². The summed E-state index contributed by atoms with van der Waals surface area (Å²) in [7, 11) is 6.83. The summed E-state index contributed by atoms with van der Waals surface area (Å²) < 4.78 is 16.1. The molecule has 0 bridgehead atoms. The standard InChI is InChI=1S/C16H20N2O3/c1-18(11-12-6-5-7-17-10-12)13-8-14(19-2)16(21-4)15(9-13)20-3/h5-10H,11H2,1-4H3. The molecule has 2 rings (SSSR count). The van der Waals surface area contributed by atoms with Crippen LogP contribution in [0.3, 0.4) is 0 Å². The van der Waals surface area contributed by atoms with Gasteiger partial charge in [-0.05, 0) is 11.6 Å². The molecule has 0 aliphatic heterocycles. The van der Waals surface area contributed by atoms with Crippen molar-refractivity contribution in [3.05, 3.63) is 42.2 Å². The third-order valence-electron chi connectivity index (χ3n) is 3.23. The lowest BCUT2D eigenvalue weighted by atomic mass is 10.2. The van der Waals surface area contributed by atoms with Gasteiger partial charge in [0.25, 0.3) is 0 Å². The van der Waals surface area contributed by atoms with Gasteiger partial charge in [0.05, 0.1) is 21.3 Å². The molecule has 1 aromatic heterocycles. The molecule has 0 saturated carbocycles. The van der Waals surface area contributed by atoms with Crippen molar-refractivity contribution in [2.45, 2.75) is 6.54 Å². The van der Waals surface area contributed by atoms with Gasteiger partial charge < -0.3 is 19.1 Å². The van der Waals surface area contributed by atoms with Gasteiger partial charge in [-0.1, -0.05) is 6.07 Å². The molecule has 1 heterocycles. The SMILES string of the molecule is COc1cc(N(C)Cc2cccnc2)cc(OC)c1OC. The zero-order chi connectivity index (χ0) is 15.2. The van der Waals surface area contributed by atoms with Crippen LogP contribution in [0.5, 0.6) is 17.2 Å². The first-order chi connectivity index (χ1) is 10.2. The minimum atomic E-state index is 0.596. The van der Waals surface area contributed by atoms with Crippen molar-refractivity contribution in [1.29, 1.82) is 0 Å². The van der Waals surface area contributed by atoms with Crippen LogP contribution in [0.2, 0.25) is 0 Å². The van der Waals surface area contributed by atoms with E-state index >= 15 is 0 Å². The minimum absolute atomic E-state index is 0.596. The first-order valence-corrected chi connectivity index (χ1v) is 6.59. The highest BCUT2D eigenvalue weighted by atomic mass is 16.5. The third kappa shape index (κ3) is 3.37. The highest BCUT2D eigenvalue weighted by Gasteiger charge is 2.15. The average Bonchev–Trinajstić information content (AvgIpc) is 2.54. The molecule has 0 aliphatic carbocycles. The summed E-state index contributed by atoms with van der Waals surface area (Å²) >= 11 is 0. The molecule has 5 heteroatoms. The second-order valence-electron chi connectivity index (χ2n) is 4.60. The van der Waals surface area contributed by atoms with Gasteiger partial charge in [0.2, 0.25) is 5.75 Å². The first-order valence-electron chi connectivity index (χ1n) is 6.59. The number of methoxy groups -OCH3 is 3. The number of benzene rings is 1. The number of hydrogen-bond acceptors (Lipinski definition) is 5. The van der Waals surface area contributed by atoms with Crippen molar-refractivity contribution < 1.29 is 14.2 Å². The fourth-order valence-corrected chi connectivity index (χ4v) is 2.14. The molecule has 0 amide bonds. The lowest BCUT2D eigenvalue weighted by Crippen LogP contribution is -2.16. The van der Waals surface area contributed by atoms with Crippen LogP contribution < -0.4 is 19.1 Å². The van der Waals surface area contributed by atoms with Crippen molar-refractivity contribution in [1.82, 2.24) is 4.98 Å². The van der Waals surface area contributed by atoms with E-state index in [0.29, 0.717) is 17.2 Å². The molecule has 0 atom stereocenters. The van der Waals surface area contributed by atoms with Gasteiger partial charge in [-0.25, -0.2) is 0 Å². The Balaban J connectivity index is 2.30. The Bertz CT molecular complexity index is 562. The molecule has 5 nitrogen and oxygen atoms in total. The maximum Gasteiger partial charge on any atom is 0.203 e. The largest absolute Gasteiger partial charge is 0.493 e. The zero-order valence-electron chi connectivity index (χ0n) is 12.8. The predicted octanol–water partition coefficient (Wildman–Crippen LogP) is 2.74. The Morgan fingerprint density at radius 2 is 1.71 bits per heavy atom. The summed E-state index contributed by atoms with van der Waals surface area (Å²) in [4.78, 5) is 6.23. The predicted molar refractivity (Wildman–Crippen MR) is 82.4 cm³/mol. The summed E-state index contributed by atoms with van der Waals surface area (Å²) in [6.07, 6.45) is 3.62. The molecule has 0 saturated heterocycles. The second kappa shape index (κ2) is 6.83. The molecule has 112 valence electrons. The Morgan fingerprint density at radius 1 is 1.05 bits per heavy atom. The number of nitrogens with zero attached hydrogens (tertiary/aromatic N) is 2. The minimum Gasteiger partial charge on any atom is -0.493 e. The van der Waals surface area contributed by atoms with Gasteiger partial charge in [0, 0.05) is 43.8 Å². The van der Waals surface area contributed by atoms with Crippen molar-refractivity contribution in [3.8, 4) is 17.2 Å². The van der Waals surface area contributed by atoms with E-state index in [2.05, 4.69) is 9.88 Å². The first kappa shape index (κ1) is 15.0. The van der Waals surface area contributed by atoms with E-state index in [-0.39, 0.29) is 0 Å². The fraction of sp³-hybridized carbons (Fsp3) is 0.312. The number of anilines is 1. The normalized spacial score (nSPS) is 10.1. The van der Waals surface area contributed by atoms with Crippen molar-refractivity contribution in [2.75, 3.05) is 33.3 Å². The summed E-state index contributed by atoms with van der Waals surface area (Å²) in [6, 6.07) is 7.83. The summed E-state index contributed by atoms with van der Waals surface area (Å²) in [5.41, 5.74) is 2.11. The Morgan fingerprint density at radius 3 is 2.19 bits per heavy atom. The number of rotatable bonds is 6. The van der Waals surface area contributed by atoms with Gasteiger partial charge in [-0.3, -0.25) is 4.98 Å². The number of hydrogen-bond donors (Lipinski definition) is 0. The quantitative estimate of drug-likeness (QED) is 0.817. The van der Waals surface area contributed by atoms with E-state index in [1.807, 2.05) is 37.5 Å². The highest BCUT2D eigenvalue weighted by Crippen LogP contribution is 2.40. The summed E-state index contributed by atoms with van der Waals surface area (Å²) in [6.45, 7) is 0.743. The lowest BCUT2D eigenvalue weighted by Gasteiger charge is -2.22. The molecule has 0 spiro atoms. The number of ether oxygens (including phenoxy) is 3. The van der Waals surface area contributed by atoms with Gasteiger partial charge in [-0.2, -0.15) is 0 Å². The van der Waals surface area contributed by atoms with Crippen LogP contribution in [0.1, 0.15) is 5.56 Å². The topological polar surface area (TPSA) is 43.8 Å². The van der Waals surface area contributed by atoms with Gasteiger partial charge >= 0.3 is 0 Å². The molecule has 0 unspecified atom stereocenters. The maximum atomic E-state index is 5.38. The van der Waals surface area contributed by atoms with Crippen LogP contribution in [0, 0.1) is 0 Å². The van der Waals surface area contributed by atoms with Gasteiger partial charge in [0.1, 0.15) is 0 Å². The monoisotopic (exact) mass is 288 g/mol. The van der Waals surface area contributed by atoms with E-state index in [9.17, 15) is 0 Å². The van der Waals surface area contributed by atoms with Gasteiger partial charge in [0.15, 0.2) is 11.5 Å². The molecule has 0 radical (unpaired) electrons. The third-order valence-corrected chi connectivity index (χ3v) is 3.23. The van der Waals surface area contributed by atoms with Crippen molar-refractivity contribution >= 4 is 5.69 Å². The van der Waals surface area contributed by atoms with E-state index in [0.717, 1.165) is 17.8 Å². The number of pyridine rings is 1. The van der Waals surface area contributed by atoms with Crippen LogP contribution in [-0.4, -0.2) is 33.4 Å². The molecule has 2 aromatic rings. The molecule has 0 fully saturated rings. The molecule has 21 heavy (non-hydrogen) atoms. The Labute approximate surface area is 125 Å². The molecule has 0 aliphatic rings. The number of aromatic nitrogens is 1. The van der Waals surface area contributed by atoms with Crippen LogP contribution in [0.15, 0.2) is 36.7 Å². The molecular weight excluding hydrogens is 268 g/mol. The van der Waals surface area contributed by atoms with Crippen LogP contribution in [-0.2, 0) is 6.54 Å². The second-order valence-corrected chi connectivity index (χ2v) is 4.60. The zero-order valence-corrected chi connectivity index (χ0v) is 12.8. The van der Waals surface area contributed by atoms with Crippen molar-refractivity contribution in [2.24, 2.45) is 0 Å². The van der Waals surface area contributed by atoms with Gasteiger partial charge in [-0.15, -0.1) is 0 Å². The molecule has 1 aromatic carbocycles. The van der Waals surface area contributed by atoms with Crippen LogP contribution in [0.4, 0.5) is 5.69 Å². The maximum absolute atomic E-state index is 5.38. The van der Waals surface area contributed by atoms with E-state index in [1.54, 1.807) is 27.5 Å². The smallest absolute Gasteiger partial charge is 0.203 e. The summed E-state index contributed by atoms with van der Waals surface area (Å²) in [5.74, 6) is 1.88. The average molecular weight is 288 g/mol. The van der Waals surface area contributed by atoms with Crippen molar-refractivity contribution in [3.63, 3.8) is 0 Å². The van der Waals surface area contributed by atoms with E-state index in [4.69, 9.17) is 14.2 Å². The Kier molecular flexibility index (Phi) is 4.87. The summed E-state index contributed by atoms with van der Waals surface area (Å²) in [5, 5.41) is 0. The molecular formula is C16H20N2O3. The van der Waals surface area contributed by atoms with Crippen LogP contribution >= 0.6 is 0 Å². The Hall–Kier alpha value is -2.43. The fourth-order valence-electron chi connectivity index (χ4n) is 2.14. The molecule has 0 N–H and O–H groups in total. The highest BCUT2D eigenvalue weighted by molar-refractivity contribution is 5.63. The van der Waals surface area contributed by atoms with E-state index in [1.165, 1.54) is 0 Å². The lowest BCUT2D eigenvalue weighted by molar-refractivity contribution is 0.324.